The predicted octanol–water partition coefficient (Wildman–Crippen LogP) is 2.85. The highest BCUT2D eigenvalue weighted by Gasteiger charge is 2.39. The van der Waals surface area contributed by atoms with E-state index < -0.39 is 29.8 Å². The van der Waals surface area contributed by atoms with Crippen molar-refractivity contribution < 1.29 is 18.6 Å². The highest BCUT2D eigenvalue weighted by Crippen LogP contribution is 2.42. The van der Waals surface area contributed by atoms with Crippen LogP contribution in [0.5, 0.6) is 5.75 Å². The van der Waals surface area contributed by atoms with Gasteiger partial charge in [-0.25, -0.2) is 8.78 Å². The Morgan fingerprint density at radius 1 is 1.29 bits per heavy atom. The molecule has 94 valence electrons. The summed E-state index contributed by atoms with van der Waals surface area (Å²) >= 11 is 0. The first-order chi connectivity index (χ1) is 7.93. The van der Waals surface area contributed by atoms with Crippen molar-refractivity contribution in [1.29, 1.82) is 0 Å². The quantitative estimate of drug-likeness (QED) is 0.820. The summed E-state index contributed by atoms with van der Waals surface area (Å²) in [6.45, 7) is 5.48. The topological polar surface area (TPSA) is 29.5 Å². The molecule has 2 nitrogen and oxygen atoms in total. The zero-order valence-corrected chi connectivity index (χ0v) is 10.1. The van der Waals surface area contributed by atoms with Gasteiger partial charge in [-0.3, -0.25) is 0 Å². The highest BCUT2D eigenvalue weighted by molar-refractivity contribution is 5.41. The molecule has 0 amide bonds. The Labute approximate surface area is 99.2 Å². The third-order valence-electron chi connectivity index (χ3n) is 3.31. The van der Waals surface area contributed by atoms with Crippen molar-refractivity contribution in [2.24, 2.45) is 5.92 Å². The van der Waals surface area contributed by atoms with Crippen molar-refractivity contribution in [3.63, 3.8) is 0 Å². The first kappa shape index (κ1) is 12.3. The maximum atomic E-state index is 13.8. The van der Waals surface area contributed by atoms with E-state index in [1.54, 1.807) is 6.92 Å². The lowest BCUT2D eigenvalue weighted by molar-refractivity contribution is -0.00210. The molecule has 1 N–H and O–H groups in total. The van der Waals surface area contributed by atoms with Crippen molar-refractivity contribution >= 4 is 0 Å². The monoisotopic (exact) mass is 242 g/mol. The molecule has 0 aliphatic carbocycles. The van der Waals surface area contributed by atoms with Crippen LogP contribution in [0.4, 0.5) is 8.78 Å². The molecule has 0 saturated carbocycles. The molecule has 1 aromatic carbocycles. The average molecular weight is 242 g/mol. The van der Waals surface area contributed by atoms with Crippen LogP contribution < -0.4 is 4.74 Å². The van der Waals surface area contributed by atoms with E-state index in [2.05, 4.69) is 0 Å². The number of rotatable bonds is 1. The lowest BCUT2D eigenvalue weighted by Crippen LogP contribution is -2.41. The number of hydrogen-bond donors (Lipinski definition) is 1. The molecule has 1 aliphatic heterocycles. The first-order valence-corrected chi connectivity index (χ1v) is 5.76. The number of halogens is 2. The Balaban J connectivity index is 2.59. The number of aliphatic hydroxyl groups is 1. The number of ether oxygens (including phenoxy) is 1. The van der Waals surface area contributed by atoms with Crippen molar-refractivity contribution in [2.45, 2.75) is 38.9 Å². The van der Waals surface area contributed by atoms with Gasteiger partial charge >= 0.3 is 0 Å². The number of aliphatic hydroxyl groups excluding tert-OH is 1. The Kier molecular flexibility index (Phi) is 3.08. The third-order valence-corrected chi connectivity index (χ3v) is 3.31. The SMILES string of the molecule is CC(C)[C@@H]1c2c(ccc(F)c2F)O[C@H](C)[C@H]1O. The third kappa shape index (κ3) is 1.90. The van der Waals surface area contributed by atoms with Crippen LogP contribution in [0, 0.1) is 17.6 Å². The number of benzene rings is 1. The summed E-state index contributed by atoms with van der Waals surface area (Å²) in [6, 6.07) is 2.47. The lowest BCUT2D eigenvalue weighted by Gasteiger charge is -2.37. The molecular formula is C13H16F2O2. The van der Waals surface area contributed by atoms with Crippen LogP contribution in [-0.4, -0.2) is 17.3 Å². The molecule has 4 heteroatoms. The van der Waals surface area contributed by atoms with E-state index in [0.717, 1.165) is 6.07 Å². The average Bonchev–Trinajstić information content (AvgIpc) is 2.26. The van der Waals surface area contributed by atoms with Crippen molar-refractivity contribution in [2.75, 3.05) is 0 Å². The second-order valence-electron chi connectivity index (χ2n) is 4.86. The molecule has 0 spiro atoms. The van der Waals surface area contributed by atoms with Crippen LogP contribution in [-0.2, 0) is 0 Å². The van der Waals surface area contributed by atoms with Crippen molar-refractivity contribution in [3.05, 3.63) is 29.3 Å². The number of fused-ring (bicyclic) bond motifs is 1. The molecule has 0 aromatic heterocycles. The Morgan fingerprint density at radius 2 is 1.94 bits per heavy atom. The summed E-state index contributed by atoms with van der Waals surface area (Å²) in [5.74, 6) is -1.91. The molecule has 1 aliphatic rings. The Morgan fingerprint density at radius 3 is 2.53 bits per heavy atom. The maximum Gasteiger partial charge on any atom is 0.166 e. The fourth-order valence-electron chi connectivity index (χ4n) is 2.42. The second kappa shape index (κ2) is 4.26. The van der Waals surface area contributed by atoms with Gasteiger partial charge in [0, 0.05) is 11.5 Å². The molecule has 1 heterocycles. The van der Waals surface area contributed by atoms with E-state index in [9.17, 15) is 13.9 Å². The minimum atomic E-state index is -0.910. The molecule has 0 saturated heterocycles. The standard InChI is InChI=1S/C13H16F2O2/c1-6(2)10-11-9(17-7(3)13(10)16)5-4-8(14)12(11)15/h4-7,10,13,16H,1-3H3/t7-,10-,13-/m1/s1. The molecule has 1 aromatic rings. The summed E-state index contributed by atoms with van der Waals surface area (Å²) < 4.78 is 32.5. The summed E-state index contributed by atoms with van der Waals surface area (Å²) in [4.78, 5) is 0. The van der Waals surface area contributed by atoms with Crippen molar-refractivity contribution in [3.8, 4) is 5.75 Å². The molecule has 0 bridgehead atoms. The highest BCUT2D eigenvalue weighted by atomic mass is 19.2. The van der Waals surface area contributed by atoms with Crippen molar-refractivity contribution in [1.82, 2.24) is 0 Å². The Hall–Kier alpha value is -1.16. The minimum absolute atomic E-state index is 0.00593. The van der Waals surface area contributed by atoms with Gasteiger partial charge in [0.1, 0.15) is 11.9 Å². The fraction of sp³-hybridized carbons (Fsp3) is 0.538. The Bertz CT molecular complexity index is 432. The first-order valence-electron chi connectivity index (χ1n) is 5.76. The molecule has 0 fully saturated rings. The van der Waals surface area contributed by atoms with Crippen LogP contribution in [0.15, 0.2) is 12.1 Å². The van der Waals surface area contributed by atoms with Crippen LogP contribution in [0.25, 0.3) is 0 Å². The van der Waals surface area contributed by atoms with Crippen LogP contribution in [0.2, 0.25) is 0 Å². The lowest BCUT2D eigenvalue weighted by atomic mass is 9.79. The second-order valence-corrected chi connectivity index (χ2v) is 4.86. The summed E-state index contributed by atoms with van der Waals surface area (Å²) in [5.41, 5.74) is 0.158. The van der Waals surface area contributed by atoms with Crippen LogP contribution in [0.3, 0.4) is 0 Å². The predicted molar refractivity (Wildman–Crippen MR) is 60.0 cm³/mol. The van der Waals surface area contributed by atoms with Gasteiger partial charge < -0.3 is 9.84 Å². The van der Waals surface area contributed by atoms with E-state index >= 15 is 0 Å². The molecular weight excluding hydrogens is 226 g/mol. The van der Waals surface area contributed by atoms with Gasteiger partial charge in [0.2, 0.25) is 0 Å². The van der Waals surface area contributed by atoms with E-state index in [4.69, 9.17) is 4.74 Å². The fourth-order valence-corrected chi connectivity index (χ4v) is 2.42. The zero-order chi connectivity index (χ0) is 12.7. The van der Waals surface area contributed by atoms with Gasteiger partial charge in [0.05, 0.1) is 6.10 Å². The van der Waals surface area contributed by atoms with Gasteiger partial charge in [0.25, 0.3) is 0 Å². The molecule has 2 rings (SSSR count). The van der Waals surface area contributed by atoms with Gasteiger partial charge in [0.15, 0.2) is 11.6 Å². The summed E-state index contributed by atoms with van der Waals surface area (Å²) in [6.07, 6.45) is -1.24. The molecule has 0 radical (unpaired) electrons. The van der Waals surface area contributed by atoms with Gasteiger partial charge in [-0.05, 0) is 25.0 Å². The normalized spacial score (nSPS) is 27.8. The van der Waals surface area contributed by atoms with E-state index in [0.29, 0.717) is 5.75 Å². The summed E-state index contributed by atoms with van der Waals surface area (Å²) in [5, 5.41) is 10.1. The van der Waals surface area contributed by atoms with Gasteiger partial charge in [-0.1, -0.05) is 13.8 Å². The maximum absolute atomic E-state index is 13.8. The summed E-state index contributed by atoms with van der Waals surface area (Å²) in [7, 11) is 0. The van der Waals surface area contributed by atoms with E-state index in [-0.39, 0.29) is 11.5 Å². The van der Waals surface area contributed by atoms with E-state index in [1.165, 1.54) is 6.07 Å². The molecule has 17 heavy (non-hydrogen) atoms. The van der Waals surface area contributed by atoms with Gasteiger partial charge in [-0.15, -0.1) is 0 Å². The molecule has 0 unspecified atom stereocenters. The van der Waals surface area contributed by atoms with Crippen LogP contribution >= 0.6 is 0 Å². The largest absolute Gasteiger partial charge is 0.488 e. The molecule has 3 atom stereocenters. The smallest absolute Gasteiger partial charge is 0.166 e. The van der Waals surface area contributed by atoms with Gasteiger partial charge in [-0.2, -0.15) is 0 Å². The minimum Gasteiger partial charge on any atom is -0.488 e. The number of hydrogen-bond acceptors (Lipinski definition) is 2. The van der Waals surface area contributed by atoms with Crippen LogP contribution in [0.1, 0.15) is 32.3 Å². The van der Waals surface area contributed by atoms with E-state index in [1.807, 2.05) is 13.8 Å². The zero-order valence-electron chi connectivity index (χ0n) is 10.1.